The average molecular weight is 243 g/mol. The molecule has 0 bridgehead atoms. The van der Waals surface area contributed by atoms with Crippen molar-refractivity contribution >= 4 is 23.3 Å². The van der Waals surface area contributed by atoms with Crippen LogP contribution in [-0.4, -0.2) is 5.88 Å². The molecule has 0 heterocycles. The molecule has 0 saturated heterocycles. The highest BCUT2D eigenvalue weighted by Crippen LogP contribution is 2.21. The van der Waals surface area contributed by atoms with Gasteiger partial charge in [-0.05, 0) is 23.1 Å². The minimum absolute atomic E-state index is 0.646. The largest absolute Gasteiger partial charge is 0.126 e. The van der Waals surface area contributed by atoms with E-state index in [1.807, 2.05) is 12.1 Å². The molecule has 0 aliphatic carbocycles. The van der Waals surface area contributed by atoms with E-state index in [2.05, 4.69) is 54.6 Å². The third kappa shape index (κ3) is 3.47. The maximum Gasteiger partial charge on any atom is 0.0264 e. The lowest BCUT2D eigenvalue weighted by Crippen LogP contribution is -1.86. The number of benzene rings is 2. The predicted molar refractivity (Wildman–Crippen MR) is 76.1 cm³/mol. The molecule has 0 aliphatic heterocycles. The van der Waals surface area contributed by atoms with Gasteiger partial charge in [-0.15, -0.1) is 11.6 Å². The summed E-state index contributed by atoms with van der Waals surface area (Å²) >= 11 is 5.87. The number of rotatable bonds is 4. The van der Waals surface area contributed by atoms with Crippen LogP contribution < -0.4 is 0 Å². The summed E-state index contributed by atoms with van der Waals surface area (Å²) in [4.78, 5) is 0. The van der Waals surface area contributed by atoms with Crippen LogP contribution in [0.15, 0.2) is 60.7 Å². The maximum absolute atomic E-state index is 5.87. The second kappa shape index (κ2) is 6.27. The standard InChI is InChI=1S/C16H15Cl/c17-12-11-16(15-9-5-2-6-10-15)13-14-7-3-1-4-8-14/h1-10,13H,11-12H2. The molecular weight excluding hydrogens is 228 g/mol. The van der Waals surface area contributed by atoms with Gasteiger partial charge in [0.05, 0.1) is 0 Å². The van der Waals surface area contributed by atoms with Crippen LogP contribution in [-0.2, 0) is 0 Å². The van der Waals surface area contributed by atoms with Crippen molar-refractivity contribution in [2.45, 2.75) is 6.42 Å². The zero-order valence-electron chi connectivity index (χ0n) is 9.64. The molecule has 86 valence electrons. The lowest BCUT2D eigenvalue weighted by atomic mass is 10.0. The molecule has 0 N–H and O–H groups in total. The molecule has 2 aromatic carbocycles. The molecule has 0 radical (unpaired) electrons. The van der Waals surface area contributed by atoms with E-state index in [-0.39, 0.29) is 0 Å². The number of hydrogen-bond donors (Lipinski definition) is 0. The van der Waals surface area contributed by atoms with Crippen molar-refractivity contribution in [3.05, 3.63) is 71.8 Å². The summed E-state index contributed by atoms with van der Waals surface area (Å²) < 4.78 is 0. The first-order chi connectivity index (χ1) is 8.40. The third-order valence-corrected chi connectivity index (χ3v) is 2.84. The van der Waals surface area contributed by atoms with Crippen LogP contribution >= 0.6 is 11.6 Å². The molecule has 0 aromatic heterocycles. The summed E-state index contributed by atoms with van der Waals surface area (Å²) in [5, 5.41) is 0. The number of hydrogen-bond acceptors (Lipinski definition) is 0. The Morgan fingerprint density at radius 3 is 2.06 bits per heavy atom. The molecule has 17 heavy (non-hydrogen) atoms. The number of allylic oxidation sites excluding steroid dienone is 1. The highest BCUT2D eigenvalue weighted by atomic mass is 35.5. The van der Waals surface area contributed by atoms with Crippen molar-refractivity contribution in [2.24, 2.45) is 0 Å². The molecular formula is C16H15Cl. The van der Waals surface area contributed by atoms with Crippen LogP contribution in [0, 0.1) is 0 Å². The normalized spacial score (nSPS) is 11.5. The van der Waals surface area contributed by atoms with Crippen LogP contribution in [0.2, 0.25) is 0 Å². The zero-order valence-corrected chi connectivity index (χ0v) is 10.4. The van der Waals surface area contributed by atoms with E-state index in [4.69, 9.17) is 11.6 Å². The van der Waals surface area contributed by atoms with Gasteiger partial charge in [0.25, 0.3) is 0 Å². The highest BCUT2D eigenvalue weighted by Gasteiger charge is 2.00. The van der Waals surface area contributed by atoms with Crippen LogP contribution in [0.1, 0.15) is 17.5 Å². The Morgan fingerprint density at radius 2 is 1.47 bits per heavy atom. The van der Waals surface area contributed by atoms with Crippen molar-refractivity contribution in [3.8, 4) is 0 Å². The number of halogens is 1. The van der Waals surface area contributed by atoms with Gasteiger partial charge in [-0.2, -0.15) is 0 Å². The minimum Gasteiger partial charge on any atom is -0.126 e. The second-order valence-corrected chi connectivity index (χ2v) is 4.26. The van der Waals surface area contributed by atoms with Gasteiger partial charge in [-0.3, -0.25) is 0 Å². The zero-order chi connectivity index (χ0) is 11.9. The van der Waals surface area contributed by atoms with E-state index in [0.29, 0.717) is 5.88 Å². The lowest BCUT2D eigenvalue weighted by Gasteiger charge is -2.06. The summed E-state index contributed by atoms with van der Waals surface area (Å²) in [5.41, 5.74) is 3.75. The van der Waals surface area contributed by atoms with Gasteiger partial charge in [-0.25, -0.2) is 0 Å². The van der Waals surface area contributed by atoms with E-state index in [0.717, 1.165) is 6.42 Å². The molecule has 0 nitrogen and oxygen atoms in total. The SMILES string of the molecule is ClCCC(=Cc1ccccc1)c1ccccc1. The fraction of sp³-hybridized carbons (Fsp3) is 0.125. The van der Waals surface area contributed by atoms with E-state index >= 15 is 0 Å². The van der Waals surface area contributed by atoms with Gasteiger partial charge in [-0.1, -0.05) is 66.7 Å². The Kier molecular flexibility index (Phi) is 4.40. The first-order valence-corrected chi connectivity index (χ1v) is 6.30. The lowest BCUT2D eigenvalue weighted by molar-refractivity contribution is 1.26. The molecule has 1 heteroatoms. The molecule has 0 fully saturated rings. The van der Waals surface area contributed by atoms with E-state index < -0.39 is 0 Å². The summed E-state index contributed by atoms with van der Waals surface area (Å²) in [6.07, 6.45) is 3.10. The van der Waals surface area contributed by atoms with Crippen molar-refractivity contribution in [1.82, 2.24) is 0 Å². The van der Waals surface area contributed by atoms with Gasteiger partial charge in [0, 0.05) is 5.88 Å². The Hall–Kier alpha value is -1.53. The fourth-order valence-electron chi connectivity index (χ4n) is 1.80. The Morgan fingerprint density at radius 1 is 0.882 bits per heavy atom. The van der Waals surface area contributed by atoms with Crippen LogP contribution in [0.3, 0.4) is 0 Å². The predicted octanol–water partition coefficient (Wildman–Crippen LogP) is 4.86. The first kappa shape index (κ1) is 11.9. The summed E-state index contributed by atoms with van der Waals surface area (Å²) in [6.45, 7) is 0. The molecule has 0 amide bonds. The Bertz CT molecular complexity index is 471. The summed E-state index contributed by atoms with van der Waals surface area (Å²) in [7, 11) is 0. The molecule has 2 rings (SSSR count). The number of alkyl halides is 1. The fourth-order valence-corrected chi connectivity index (χ4v) is 2.01. The topological polar surface area (TPSA) is 0 Å². The molecule has 0 aliphatic rings. The average Bonchev–Trinajstić information content (AvgIpc) is 2.40. The second-order valence-electron chi connectivity index (χ2n) is 3.89. The third-order valence-electron chi connectivity index (χ3n) is 2.65. The monoisotopic (exact) mass is 242 g/mol. The van der Waals surface area contributed by atoms with Gasteiger partial charge in [0.1, 0.15) is 0 Å². The minimum atomic E-state index is 0.646. The molecule has 0 spiro atoms. The first-order valence-electron chi connectivity index (χ1n) is 5.77. The molecule has 0 saturated carbocycles. The summed E-state index contributed by atoms with van der Waals surface area (Å²) in [5.74, 6) is 0.646. The Labute approximate surface area is 108 Å². The smallest absolute Gasteiger partial charge is 0.0264 e. The van der Waals surface area contributed by atoms with Gasteiger partial charge < -0.3 is 0 Å². The van der Waals surface area contributed by atoms with Crippen molar-refractivity contribution in [3.63, 3.8) is 0 Å². The van der Waals surface area contributed by atoms with E-state index in [9.17, 15) is 0 Å². The van der Waals surface area contributed by atoms with Gasteiger partial charge in [0.15, 0.2) is 0 Å². The van der Waals surface area contributed by atoms with Crippen molar-refractivity contribution in [1.29, 1.82) is 0 Å². The highest BCUT2D eigenvalue weighted by molar-refractivity contribution is 6.18. The van der Waals surface area contributed by atoms with Crippen LogP contribution in [0.5, 0.6) is 0 Å². The van der Waals surface area contributed by atoms with Gasteiger partial charge >= 0.3 is 0 Å². The quantitative estimate of drug-likeness (QED) is 0.531. The van der Waals surface area contributed by atoms with E-state index in [1.54, 1.807) is 0 Å². The van der Waals surface area contributed by atoms with Gasteiger partial charge in [0.2, 0.25) is 0 Å². The molecule has 0 unspecified atom stereocenters. The van der Waals surface area contributed by atoms with Crippen molar-refractivity contribution in [2.75, 3.05) is 5.88 Å². The van der Waals surface area contributed by atoms with Crippen LogP contribution in [0.25, 0.3) is 11.6 Å². The van der Waals surface area contributed by atoms with Crippen molar-refractivity contribution < 1.29 is 0 Å². The molecule has 0 atom stereocenters. The summed E-state index contributed by atoms with van der Waals surface area (Å²) in [6, 6.07) is 20.7. The van der Waals surface area contributed by atoms with E-state index in [1.165, 1.54) is 16.7 Å². The maximum atomic E-state index is 5.87. The van der Waals surface area contributed by atoms with Crippen LogP contribution in [0.4, 0.5) is 0 Å². The molecule has 2 aromatic rings. The Balaban J connectivity index is 2.33.